The highest BCUT2D eigenvalue weighted by Crippen LogP contribution is 2.22. The minimum atomic E-state index is 0.658. The van der Waals surface area contributed by atoms with Crippen molar-refractivity contribution in [1.82, 2.24) is 9.80 Å². The fourth-order valence-electron chi connectivity index (χ4n) is 3.99. The van der Waals surface area contributed by atoms with Crippen LogP contribution in [0, 0.1) is 0 Å². The minimum Gasteiger partial charge on any atom is -0.375 e. The Morgan fingerprint density at radius 2 is 1.03 bits per heavy atom. The summed E-state index contributed by atoms with van der Waals surface area (Å²) in [6.45, 7) is 11.6. The molecule has 4 heteroatoms. The van der Waals surface area contributed by atoms with Crippen LogP contribution in [0.15, 0.2) is 48.5 Å². The second kappa shape index (κ2) is 17.7. The van der Waals surface area contributed by atoms with Crippen molar-refractivity contribution >= 4 is 0 Å². The van der Waals surface area contributed by atoms with Gasteiger partial charge in [-0.1, -0.05) is 75.9 Å². The topological polar surface area (TPSA) is 24.9 Å². The molecule has 190 valence electrons. The van der Waals surface area contributed by atoms with Crippen molar-refractivity contribution < 1.29 is 9.47 Å². The normalized spacial score (nSPS) is 11.6. The van der Waals surface area contributed by atoms with Crippen LogP contribution in [0.3, 0.4) is 0 Å². The first kappa shape index (κ1) is 28.5. The maximum absolute atomic E-state index is 5.96. The molecule has 0 aliphatic rings. The predicted octanol–water partition coefficient (Wildman–Crippen LogP) is 6.63. The smallest absolute Gasteiger partial charge is 0.0717 e. The highest BCUT2D eigenvalue weighted by molar-refractivity contribution is 5.64. The van der Waals surface area contributed by atoms with E-state index in [0.717, 1.165) is 39.4 Å². The van der Waals surface area contributed by atoms with E-state index in [1.165, 1.54) is 60.8 Å². The van der Waals surface area contributed by atoms with Crippen LogP contribution in [0.5, 0.6) is 0 Å². The zero-order valence-corrected chi connectivity index (χ0v) is 22.2. The van der Waals surface area contributed by atoms with Crippen LogP contribution in [0.1, 0.15) is 63.5 Å². The molecule has 0 aliphatic carbocycles. The highest BCUT2D eigenvalue weighted by atomic mass is 16.5. The first-order valence-corrected chi connectivity index (χ1v) is 13.3. The van der Waals surface area contributed by atoms with Crippen LogP contribution in [0.4, 0.5) is 0 Å². The van der Waals surface area contributed by atoms with Gasteiger partial charge in [-0.2, -0.15) is 0 Å². The van der Waals surface area contributed by atoms with Crippen LogP contribution in [0.25, 0.3) is 11.1 Å². The van der Waals surface area contributed by atoms with Crippen molar-refractivity contribution in [1.29, 1.82) is 0 Å². The van der Waals surface area contributed by atoms with E-state index in [-0.39, 0.29) is 0 Å². The zero-order chi connectivity index (χ0) is 24.4. The van der Waals surface area contributed by atoms with E-state index < -0.39 is 0 Å². The quantitative estimate of drug-likeness (QED) is 0.216. The number of nitrogens with zero attached hydrogens (tertiary/aromatic N) is 2. The van der Waals surface area contributed by atoms with Crippen LogP contribution < -0.4 is 0 Å². The standard InChI is InChI=1S/C30H48N2O2/c1-5-7-9-17-31(3)19-21-33-25-27-13-11-15-29(23-27)30-16-12-14-28(24-30)26-34-22-20-32(4)18-10-8-6-2/h11-16,23-24H,5-10,17-22,25-26H2,1-4H3. The molecule has 0 aliphatic heterocycles. The third-order valence-electron chi connectivity index (χ3n) is 6.25. The van der Waals surface area contributed by atoms with E-state index in [1.807, 2.05) is 0 Å². The van der Waals surface area contributed by atoms with Gasteiger partial charge in [0.05, 0.1) is 26.4 Å². The van der Waals surface area contributed by atoms with E-state index in [0.29, 0.717) is 13.2 Å². The lowest BCUT2D eigenvalue weighted by Crippen LogP contribution is -2.24. The van der Waals surface area contributed by atoms with Crippen LogP contribution in [0.2, 0.25) is 0 Å². The minimum absolute atomic E-state index is 0.658. The molecule has 0 amide bonds. The molecule has 2 aromatic rings. The molecule has 0 saturated heterocycles. The van der Waals surface area contributed by atoms with Gasteiger partial charge in [-0.3, -0.25) is 0 Å². The molecule has 0 aromatic heterocycles. The van der Waals surface area contributed by atoms with Gasteiger partial charge < -0.3 is 19.3 Å². The third-order valence-corrected chi connectivity index (χ3v) is 6.25. The molecule has 0 spiro atoms. The molecule has 0 heterocycles. The van der Waals surface area contributed by atoms with Gasteiger partial charge in [-0.05, 0) is 74.4 Å². The molecule has 0 radical (unpaired) electrons. The van der Waals surface area contributed by atoms with E-state index >= 15 is 0 Å². The monoisotopic (exact) mass is 468 g/mol. The Hall–Kier alpha value is -1.72. The first-order chi connectivity index (χ1) is 16.6. The second-order valence-electron chi connectivity index (χ2n) is 9.53. The maximum Gasteiger partial charge on any atom is 0.0717 e. The molecule has 34 heavy (non-hydrogen) atoms. The van der Waals surface area contributed by atoms with Gasteiger partial charge in [-0.25, -0.2) is 0 Å². The van der Waals surface area contributed by atoms with Gasteiger partial charge in [0.15, 0.2) is 0 Å². The van der Waals surface area contributed by atoms with E-state index in [4.69, 9.17) is 9.47 Å². The average molecular weight is 469 g/mol. The molecule has 0 N–H and O–H groups in total. The van der Waals surface area contributed by atoms with Crippen molar-refractivity contribution in [3.05, 3.63) is 59.7 Å². The number of ether oxygens (including phenoxy) is 2. The lowest BCUT2D eigenvalue weighted by atomic mass is 10.0. The van der Waals surface area contributed by atoms with Gasteiger partial charge in [0.25, 0.3) is 0 Å². The molecule has 2 aromatic carbocycles. The number of benzene rings is 2. The Bertz CT molecular complexity index is 714. The lowest BCUT2D eigenvalue weighted by molar-refractivity contribution is 0.0991. The molecule has 0 bridgehead atoms. The van der Waals surface area contributed by atoms with Gasteiger partial charge in [0, 0.05) is 13.1 Å². The van der Waals surface area contributed by atoms with Crippen LogP contribution in [-0.4, -0.2) is 63.3 Å². The maximum atomic E-state index is 5.96. The molecule has 4 nitrogen and oxygen atoms in total. The zero-order valence-electron chi connectivity index (χ0n) is 22.2. The fraction of sp³-hybridized carbons (Fsp3) is 0.600. The third kappa shape index (κ3) is 12.1. The summed E-state index contributed by atoms with van der Waals surface area (Å²) in [5.41, 5.74) is 4.91. The summed E-state index contributed by atoms with van der Waals surface area (Å²) >= 11 is 0. The molecule has 0 unspecified atom stereocenters. The summed E-state index contributed by atoms with van der Waals surface area (Å²) in [4.78, 5) is 4.73. The van der Waals surface area contributed by atoms with Crippen LogP contribution in [-0.2, 0) is 22.7 Å². The molecular formula is C30H48N2O2. The Labute approximate surface area is 209 Å². The SMILES string of the molecule is CCCCCN(C)CCOCc1cccc(-c2cccc(COCCN(C)CCCCC)c2)c1. The molecule has 0 saturated carbocycles. The van der Waals surface area contributed by atoms with Crippen molar-refractivity contribution in [2.24, 2.45) is 0 Å². The Balaban J connectivity index is 1.75. The molecule has 2 rings (SSSR count). The summed E-state index contributed by atoms with van der Waals surface area (Å²) in [7, 11) is 4.37. The van der Waals surface area contributed by atoms with Crippen molar-refractivity contribution in [3.8, 4) is 11.1 Å². The number of unbranched alkanes of at least 4 members (excludes halogenated alkanes) is 4. The van der Waals surface area contributed by atoms with Gasteiger partial charge >= 0.3 is 0 Å². The largest absolute Gasteiger partial charge is 0.375 e. The highest BCUT2D eigenvalue weighted by Gasteiger charge is 2.04. The number of rotatable bonds is 19. The van der Waals surface area contributed by atoms with E-state index in [2.05, 4.69) is 86.3 Å². The number of hydrogen-bond donors (Lipinski definition) is 0. The van der Waals surface area contributed by atoms with Crippen molar-refractivity contribution in [2.45, 2.75) is 65.6 Å². The summed E-state index contributed by atoms with van der Waals surface area (Å²) in [5, 5.41) is 0. The predicted molar refractivity (Wildman–Crippen MR) is 145 cm³/mol. The summed E-state index contributed by atoms with van der Waals surface area (Å²) in [6, 6.07) is 17.4. The van der Waals surface area contributed by atoms with Gasteiger partial charge in [-0.15, -0.1) is 0 Å². The molecular weight excluding hydrogens is 420 g/mol. The molecule has 0 fully saturated rings. The van der Waals surface area contributed by atoms with Crippen molar-refractivity contribution in [2.75, 3.05) is 53.5 Å². The average Bonchev–Trinajstić information content (AvgIpc) is 2.85. The summed E-state index contributed by atoms with van der Waals surface area (Å²) < 4.78 is 11.9. The molecule has 0 atom stereocenters. The summed E-state index contributed by atoms with van der Waals surface area (Å²) in [5.74, 6) is 0. The van der Waals surface area contributed by atoms with E-state index in [1.54, 1.807) is 0 Å². The number of likely N-dealkylation sites (N-methyl/N-ethyl adjacent to an activating group) is 2. The van der Waals surface area contributed by atoms with Crippen LogP contribution >= 0.6 is 0 Å². The second-order valence-corrected chi connectivity index (χ2v) is 9.53. The Morgan fingerprint density at radius 1 is 0.588 bits per heavy atom. The first-order valence-electron chi connectivity index (χ1n) is 13.3. The van der Waals surface area contributed by atoms with Gasteiger partial charge in [0.1, 0.15) is 0 Å². The summed E-state index contributed by atoms with van der Waals surface area (Å²) in [6.07, 6.45) is 7.70. The van der Waals surface area contributed by atoms with Crippen molar-refractivity contribution in [3.63, 3.8) is 0 Å². The number of hydrogen-bond acceptors (Lipinski definition) is 4. The van der Waals surface area contributed by atoms with Gasteiger partial charge in [0.2, 0.25) is 0 Å². The fourth-order valence-corrected chi connectivity index (χ4v) is 3.99. The van der Waals surface area contributed by atoms with E-state index in [9.17, 15) is 0 Å². The Morgan fingerprint density at radius 3 is 1.44 bits per heavy atom. The lowest BCUT2D eigenvalue weighted by Gasteiger charge is -2.16. The Kier molecular flexibility index (Phi) is 14.8.